The Morgan fingerprint density at radius 3 is 2.55 bits per heavy atom. The molecule has 3 rings (SSSR count). The van der Waals surface area contributed by atoms with Crippen molar-refractivity contribution >= 4 is 23.1 Å². The number of nitro groups is 1. The number of aliphatic hydroxyl groups excluding tert-OH is 1. The normalized spacial score (nSPS) is 17.6. The Bertz CT molecular complexity index is 1130. The summed E-state index contributed by atoms with van der Waals surface area (Å²) in [6.45, 7) is 0.839. The molecule has 1 atom stereocenters. The first-order valence-electron chi connectivity index (χ1n) is 10.2. The molecule has 2 aromatic rings. The Hall–Kier alpha value is -3.92. The number of methoxy groups -OCH3 is 1. The van der Waals surface area contributed by atoms with Crippen molar-refractivity contribution in [3.8, 4) is 11.5 Å². The van der Waals surface area contributed by atoms with Gasteiger partial charge in [0.15, 0.2) is 0 Å². The highest BCUT2D eigenvalue weighted by atomic mass is 16.6. The zero-order valence-electron chi connectivity index (χ0n) is 18.5. The zero-order valence-corrected chi connectivity index (χ0v) is 18.5. The van der Waals surface area contributed by atoms with E-state index in [-0.39, 0.29) is 29.1 Å². The van der Waals surface area contributed by atoms with Crippen LogP contribution in [0.25, 0.3) is 5.76 Å². The van der Waals surface area contributed by atoms with Crippen LogP contribution in [0.3, 0.4) is 0 Å². The predicted molar refractivity (Wildman–Crippen MR) is 120 cm³/mol. The number of hydrogen-bond donors (Lipinski definition) is 2. The van der Waals surface area contributed by atoms with Gasteiger partial charge in [-0.2, -0.15) is 0 Å². The van der Waals surface area contributed by atoms with Gasteiger partial charge < -0.3 is 24.7 Å². The van der Waals surface area contributed by atoms with Crippen molar-refractivity contribution in [3.63, 3.8) is 0 Å². The minimum Gasteiger partial charge on any atom is -0.507 e. The molecule has 1 aliphatic rings. The van der Waals surface area contributed by atoms with Crippen LogP contribution in [0.5, 0.6) is 11.5 Å². The minimum absolute atomic E-state index is 0.0578. The molecule has 0 radical (unpaired) electrons. The summed E-state index contributed by atoms with van der Waals surface area (Å²) < 4.78 is 5.05. The number of likely N-dealkylation sites (tertiary alicyclic amines) is 1. The third-order valence-corrected chi connectivity index (χ3v) is 5.40. The van der Waals surface area contributed by atoms with Gasteiger partial charge in [0.1, 0.15) is 17.3 Å². The Labute approximate surface area is 190 Å². The molecule has 1 heterocycles. The standard InChI is InChI=1S/C23H25N3O7/c1-24(2)10-5-11-25-20(14-6-4-7-15(12-14)26(31)32)19(22(29)23(25)30)21(28)17-9-8-16(33-3)13-18(17)27/h4,6-9,12-13,20,27-28H,5,10-11H2,1-3H3/b21-19+. The van der Waals surface area contributed by atoms with Crippen LogP contribution in [-0.4, -0.2) is 70.9 Å². The van der Waals surface area contributed by atoms with Crippen LogP contribution in [0.2, 0.25) is 0 Å². The highest BCUT2D eigenvalue weighted by molar-refractivity contribution is 6.46. The quantitative estimate of drug-likeness (QED) is 0.204. The van der Waals surface area contributed by atoms with Gasteiger partial charge in [0.25, 0.3) is 17.4 Å². The molecule has 0 aromatic heterocycles. The number of phenols is 1. The molecule has 0 spiro atoms. The van der Waals surface area contributed by atoms with E-state index < -0.39 is 28.4 Å². The average Bonchev–Trinajstić information content (AvgIpc) is 3.03. The van der Waals surface area contributed by atoms with Crippen molar-refractivity contribution in [1.82, 2.24) is 9.80 Å². The fourth-order valence-corrected chi connectivity index (χ4v) is 3.81. The molecule has 1 unspecified atom stereocenters. The number of carbonyl (C=O) groups excluding carboxylic acids is 2. The molecule has 1 amide bonds. The first kappa shape index (κ1) is 23.7. The Kier molecular flexibility index (Phi) is 6.98. The van der Waals surface area contributed by atoms with E-state index in [2.05, 4.69) is 0 Å². The van der Waals surface area contributed by atoms with E-state index in [1.807, 2.05) is 19.0 Å². The Morgan fingerprint density at radius 2 is 1.94 bits per heavy atom. The molecule has 0 saturated carbocycles. The fraction of sp³-hybridized carbons (Fsp3) is 0.304. The van der Waals surface area contributed by atoms with E-state index in [1.165, 1.54) is 48.4 Å². The van der Waals surface area contributed by atoms with Crippen molar-refractivity contribution in [3.05, 3.63) is 69.3 Å². The number of amides is 1. The molecule has 2 aromatic carbocycles. The van der Waals surface area contributed by atoms with Crippen LogP contribution in [-0.2, 0) is 9.59 Å². The summed E-state index contributed by atoms with van der Waals surface area (Å²) in [5, 5.41) is 32.7. The second-order valence-corrected chi connectivity index (χ2v) is 7.88. The minimum atomic E-state index is -1.05. The zero-order chi connectivity index (χ0) is 24.3. The van der Waals surface area contributed by atoms with Crippen LogP contribution in [0.4, 0.5) is 5.69 Å². The number of rotatable bonds is 8. The maximum atomic E-state index is 13.0. The van der Waals surface area contributed by atoms with Crippen molar-refractivity contribution in [1.29, 1.82) is 0 Å². The van der Waals surface area contributed by atoms with Gasteiger partial charge in [0.2, 0.25) is 0 Å². The topological polar surface area (TPSA) is 133 Å². The molecule has 1 saturated heterocycles. The first-order valence-corrected chi connectivity index (χ1v) is 10.2. The highest BCUT2D eigenvalue weighted by Crippen LogP contribution is 2.42. The largest absolute Gasteiger partial charge is 0.507 e. The summed E-state index contributed by atoms with van der Waals surface area (Å²) in [6.07, 6.45) is 0.541. The van der Waals surface area contributed by atoms with Crippen LogP contribution in [0, 0.1) is 10.1 Å². The van der Waals surface area contributed by atoms with Crippen molar-refractivity contribution < 1.29 is 29.5 Å². The number of hydrogen-bond acceptors (Lipinski definition) is 8. The van der Waals surface area contributed by atoms with E-state index >= 15 is 0 Å². The Balaban J connectivity index is 2.16. The summed E-state index contributed by atoms with van der Waals surface area (Å²) in [6, 6.07) is 8.67. The third kappa shape index (κ3) is 4.80. The van der Waals surface area contributed by atoms with Crippen molar-refractivity contribution in [2.45, 2.75) is 12.5 Å². The van der Waals surface area contributed by atoms with Crippen LogP contribution < -0.4 is 4.74 Å². The molecule has 10 heteroatoms. The lowest BCUT2D eigenvalue weighted by Crippen LogP contribution is -2.32. The number of phenolic OH excluding ortho intramolecular Hbond substituents is 1. The van der Waals surface area contributed by atoms with E-state index in [0.29, 0.717) is 24.3 Å². The molecular formula is C23H25N3O7. The third-order valence-electron chi connectivity index (χ3n) is 5.40. The molecule has 174 valence electrons. The summed E-state index contributed by atoms with van der Waals surface area (Å²) in [7, 11) is 5.16. The SMILES string of the molecule is COc1ccc(/C(O)=C2\C(=O)C(=O)N(CCCN(C)C)C2c2cccc([N+](=O)[O-])c2)c(O)c1. The van der Waals surface area contributed by atoms with Crippen molar-refractivity contribution in [2.24, 2.45) is 0 Å². The number of Topliss-reactive ketones (excluding diaryl/α,β-unsaturated/α-hetero) is 1. The van der Waals surface area contributed by atoms with E-state index in [9.17, 15) is 29.9 Å². The molecule has 0 bridgehead atoms. The molecule has 1 fully saturated rings. The van der Waals surface area contributed by atoms with E-state index in [0.717, 1.165) is 0 Å². The predicted octanol–water partition coefficient (Wildman–Crippen LogP) is 2.68. The van der Waals surface area contributed by atoms with Gasteiger partial charge >= 0.3 is 0 Å². The van der Waals surface area contributed by atoms with Gasteiger partial charge in [0.05, 0.1) is 29.2 Å². The van der Waals surface area contributed by atoms with Gasteiger partial charge in [-0.25, -0.2) is 0 Å². The lowest BCUT2D eigenvalue weighted by Gasteiger charge is -2.26. The fourth-order valence-electron chi connectivity index (χ4n) is 3.81. The Morgan fingerprint density at radius 1 is 1.21 bits per heavy atom. The van der Waals surface area contributed by atoms with Gasteiger partial charge in [-0.15, -0.1) is 0 Å². The second-order valence-electron chi connectivity index (χ2n) is 7.88. The number of nitro benzene ring substituents is 1. The van der Waals surface area contributed by atoms with Gasteiger partial charge in [-0.1, -0.05) is 12.1 Å². The maximum absolute atomic E-state index is 13.0. The number of aliphatic hydroxyl groups is 1. The van der Waals surface area contributed by atoms with Crippen molar-refractivity contribution in [2.75, 3.05) is 34.3 Å². The molecule has 33 heavy (non-hydrogen) atoms. The van der Waals surface area contributed by atoms with Crippen LogP contribution >= 0.6 is 0 Å². The summed E-state index contributed by atoms with van der Waals surface area (Å²) >= 11 is 0. The number of ketones is 1. The van der Waals surface area contributed by atoms with Crippen LogP contribution in [0.1, 0.15) is 23.6 Å². The lowest BCUT2D eigenvalue weighted by molar-refractivity contribution is -0.384. The monoisotopic (exact) mass is 455 g/mol. The second kappa shape index (κ2) is 9.70. The molecular weight excluding hydrogens is 430 g/mol. The number of carbonyl (C=O) groups is 2. The average molecular weight is 455 g/mol. The van der Waals surface area contributed by atoms with Gasteiger partial charge in [-0.3, -0.25) is 19.7 Å². The smallest absolute Gasteiger partial charge is 0.295 e. The summed E-state index contributed by atoms with van der Waals surface area (Å²) in [5.41, 5.74) is -0.204. The number of non-ortho nitro benzene ring substituents is 1. The highest BCUT2D eigenvalue weighted by Gasteiger charge is 2.46. The molecule has 10 nitrogen and oxygen atoms in total. The number of benzene rings is 2. The van der Waals surface area contributed by atoms with Gasteiger partial charge in [0, 0.05) is 24.7 Å². The lowest BCUT2D eigenvalue weighted by atomic mass is 9.94. The maximum Gasteiger partial charge on any atom is 0.295 e. The van der Waals surface area contributed by atoms with Crippen LogP contribution in [0.15, 0.2) is 48.0 Å². The van der Waals surface area contributed by atoms with Gasteiger partial charge in [-0.05, 0) is 44.8 Å². The molecule has 1 aliphatic heterocycles. The molecule has 0 aliphatic carbocycles. The number of nitrogens with zero attached hydrogens (tertiary/aromatic N) is 3. The summed E-state index contributed by atoms with van der Waals surface area (Å²) in [4.78, 5) is 39.9. The molecule has 2 N–H and O–H groups in total. The number of aromatic hydroxyl groups is 1. The van der Waals surface area contributed by atoms with E-state index in [4.69, 9.17) is 4.74 Å². The summed E-state index contributed by atoms with van der Waals surface area (Å²) in [5.74, 6) is -2.32. The first-order chi connectivity index (χ1) is 15.6. The number of ether oxygens (including phenoxy) is 1. The van der Waals surface area contributed by atoms with E-state index in [1.54, 1.807) is 6.07 Å².